The van der Waals surface area contributed by atoms with Gasteiger partial charge in [-0.25, -0.2) is 15.0 Å². The first kappa shape index (κ1) is 13.5. The molecule has 0 aliphatic heterocycles. The molecule has 6 heteroatoms. The molecule has 0 N–H and O–H groups in total. The van der Waals surface area contributed by atoms with Gasteiger partial charge in [-0.05, 0) is 50.1 Å². The van der Waals surface area contributed by atoms with E-state index in [1.807, 2.05) is 41.9 Å². The Morgan fingerprint density at radius 2 is 2.05 bits per heavy atom. The van der Waals surface area contributed by atoms with Crippen LogP contribution < -0.4 is 0 Å². The van der Waals surface area contributed by atoms with E-state index in [-0.39, 0.29) is 0 Å². The largest absolute Gasteiger partial charge is 0.326 e. The number of nitrogens with zero attached hydrogens (tertiary/aromatic N) is 4. The molecule has 0 saturated carbocycles. The highest BCUT2D eigenvalue weighted by Gasteiger charge is 2.05. The maximum absolute atomic E-state index is 4.54. The number of hydrogen-bond donors (Lipinski definition) is 0. The van der Waals surface area contributed by atoms with Gasteiger partial charge in [0.1, 0.15) is 0 Å². The van der Waals surface area contributed by atoms with Crippen LogP contribution in [0.15, 0.2) is 50.5 Å². The number of hydrogen-bond acceptors (Lipinski definition) is 3. The quantitative estimate of drug-likeness (QED) is 0.611. The van der Waals surface area contributed by atoms with Crippen LogP contribution in [0.25, 0.3) is 11.0 Å². The van der Waals surface area contributed by atoms with Crippen LogP contribution in [0.3, 0.4) is 0 Å². The highest BCUT2D eigenvalue weighted by Crippen LogP contribution is 2.25. The molecule has 0 amide bonds. The minimum Gasteiger partial charge on any atom is -0.326 e. The van der Waals surface area contributed by atoms with E-state index in [1.165, 1.54) is 0 Å². The highest BCUT2D eigenvalue weighted by atomic mass is 79.9. The predicted molar refractivity (Wildman–Crippen MR) is 87.6 cm³/mol. The Balaban J connectivity index is 2.00. The molecule has 0 spiro atoms. The molecule has 3 rings (SSSR count). The summed E-state index contributed by atoms with van der Waals surface area (Å²) in [6, 6.07) is 9.91. The summed E-state index contributed by atoms with van der Waals surface area (Å²) in [6.45, 7) is 0. The molecule has 0 fully saturated rings. The van der Waals surface area contributed by atoms with E-state index in [0.29, 0.717) is 5.82 Å². The Hall–Kier alpha value is -1.53. The predicted octanol–water partition coefficient (Wildman–Crippen LogP) is 4.24. The summed E-state index contributed by atoms with van der Waals surface area (Å²) in [6.07, 6.45) is 3.44. The van der Waals surface area contributed by atoms with E-state index in [2.05, 4.69) is 46.8 Å². The molecule has 2 aromatic heterocycles. The Labute approximate surface area is 132 Å². The van der Waals surface area contributed by atoms with E-state index >= 15 is 0 Å². The number of pyridine rings is 1. The third-order valence-corrected chi connectivity index (χ3v) is 3.93. The molecule has 0 aliphatic rings. The maximum Gasteiger partial charge on any atom is 0.166 e. The van der Waals surface area contributed by atoms with Gasteiger partial charge in [0.15, 0.2) is 11.6 Å². The van der Waals surface area contributed by atoms with Gasteiger partial charge in [-0.3, -0.25) is 0 Å². The minimum absolute atomic E-state index is 0.625. The number of rotatable bonds is 2. The van der Waals surface area contributed by atoms with Crippen LogP contribution in [0.4, 0.5) is 5.82 Å². The lowest BCUT2D eigenvalue weighted by molar-refractivity contribution is 0.934. The van der Waals surface area contributed by atoms with Gasteiger partial charge in [0.2, 0.25) is 0 Å². The number of aliphatic imine (C=N–C) groups is 1. The topological polar surface area (TPSA) is 43.1 Å². The Morgan fingerprint density at radius 1 is 1.25 bits per heavy atom. The Morgan fingerprint density at radius 3 is 2.80 bits per heavy atom. The second-order valence-electron chi connectivity index (χ2n) is 4.23. The lowest BCUT2D eigenvalue weighted by Gasteiger charge is -1.98. The summed E-state index contributed by atoms with van der Waals surface area (Å²) in [5, 5.41) is 0. The Kier molecular flexibility index (Phi) is 3.67. The van der Waals surface area contributed by atoms with Gasteiger partial charge in [-0.15, -0.1) is 0 Å². The van der Waals surface area contributed by atoms with Gasteiger partial charge in [0.05, 0.1) is 21.7 Å². The standard InChI is InChI=1S/C14H10Br2N4/c1-20-12-5-3-2-4-11(12)19-13(20)8-18-14-10(16)6-9(15)7-17-14/h2-8H,1H3/b18-8+. The number of fused-ring (bicyclic) bond motifs is 1. The van der Waals surface area contributed by atoms with Crippen molar-refractivity contribution in [2.24, 2.45) is 12.0 Å². The lowest BCUT2D eigenvalue weighted by Crippen LogP contribution is -1.95. The van der Waals surface area contributed by atoms with Crippen LogP contribution in [-0.4, -0.2) is 20.7 Å². The minimum atomic E-state index is 0.625. The Bertz CT molecular complexity index is 808. The van der Waals surface area contributed by atoms with Crippen molar-refractivity contribution in [3.05, 3.63) is 51.3 Å². The zero-order valence-electron chi connectivity index (χ0n) is 10.6. The molecule has 0 radical (unpaired) electrons. The molecule has 100 valence electrons. The van der Waals surface area contributed by atoms with Gasteiger partial charge in [0, 0.05) is 17.7 Å². The lowest BCUT2D eigenvalue weighted by atomic mass is 10.3. The van der Waals surface area contributed by atoms with Crippen molar-refractivity contribution in [3.63, 3.8) is 0 Å². The summed E-state index contributed by atoms with van der Waals surface area (Å²) in [5.41, 5.74) is 2.04. The van der Waals surface area contributed by atoms with Crippen LogP contribution in [0.1, 0.15) is 5.82 Å². The van der Waals surface area contributed by atoms with Crippen molar-refractivity contribution in [1.82, 2.24) is 14.5 Å². The second kappa shape index (κ2) is 5.46. The third kappa shape index (κ3) is 2.53. The fourth-order valence-electron chi connectivity index (χ4n) is 1.90. The number of halogens is 2. The van der Waals surface area contributed by atoms with Crippen LogP contribution in [0.5, 0.6) is 0 Å². The fraction of sp³-hybridized carbons (Fsp3) is 0.0714. The number of aryl methyl sites for hydroxylation is 1. The first-order chi connectivity index (χ1) is 9.65. The van der Waals surface area contributed by atoms with Gasteiger partial charge < -0.3 is 4.57 Å². The summed E-state index contributed by atoms with van der Waals surface area (Å²) in [4.78, 5) is 13.2. The monoisotopic (exact) mass is 392 g/mol. The maximum atomic E-state index is 4.54. The first-order valence-electron chi connectivity index (χ1n) is 5.92. The van der Waals surface area contributed by atoms with Crippen LogP contribution >= 0.6 is 31.9 Å². The molecule has 20 heavy (non-hydrogen) atoms. The molecule has 0 atom stereocenters. The average Bonchev–Trinajstić information content (AvgIpc) is 2.75. The van der Waals surface area contributed by atoms with E-state index in [4.69, 9.17) is 0 Å². The molecule has 4 nitrogen and oxygen atoms in total. The van der Waals surface area contributed by atoms with E-state index in [0.717, 1.165) is 25.8 Å². The van der Waals surface area contributed by atoms with Gasteiger partial charge in [-0.2, -0.15) is 0 Å². The summed E-state index contributed by atoms with van der Waals surface area (Å²) < 4.78 is 3.75. The molecule has 2 heterocycles. The van der Waals surface area contributed by atoms with Crippen LogP contribution in [0.2, 0.25) is 0 Å². The second-order valence-corrected chi connectivity index (χ2v) is 6.00. The van der Waals surface area contributed by atoms with E-state index in [1.54, 1.807) is 12.4 Å². The van der Waals surface area contributed by atoms with Crippen molar-refractivity contribution in [3.8, 4) is 0 Å². The summed E-state index contributed by atoms with van der Waals surface area (Å²) in [5.74, 6) is 1.42. The van der Waals surface area contributed by atoms with Crippen molar-refractivity contribution in [2.75, 3.05) is 0 Å². The average molecular weight is 394 g/mol. The van der Waals surface area contributed by atoms with Gasteiger partial charge in [0.25, 0.3) is 0 Å². The smallest absolute Gasteiger partial charge is 0.166 e. The molecular weight excluding hydrogens is 384 g/mol. The number of para-hydroxylation sites is 2. The van der Waals surface area contributed by atoms with E-state index < -0.39 is 0 Å². The molecular formula is C14H10Br2N4. The summed E-state index contributed by atoms with van der Waals surface area (Å²) in [7, 11) is 1.97. The fourth-order valence-corrected chi connectivity index (χ4v) is 2.99. The third-order valence-electron chi connectivity index (χ3n) is 2.91. The first-order valence-corrected chi connectivity index (χ1v) is 7.50. The van der Waals surface area contributed by atoms with Crippen molar-refractivity contribution < 1.29 is 0 Å². The van der Waals surface area contributed by atoms with Gasteiger partial charge in [-0.1, -0.05) is 12.1 Å². The number of benzene rings is 1. The number of imidazole rings is 1. The molecule has 0 unspecified atom stereocenters. The van der Waals surface area contributed by atoms with Crippen molar-refractivity contribution in [2.45, 2.75) is 0 Å². The van der Waals surface area contributed by atoms with E-state index in [9.17, 15) is 0 Å². The van der Waals surface area contributed by atoms with Crippen LogP contribution in [-0.2, 0) is 7.05 Å². The molecule has 0 saturated heterocycles. The molecule has 0 aliphatic carbocycles. The zero-order chi connectivity index (χ0) is 14.1. The SMILES string of the molecule is Cn1c(/C=N/c2ncc(Br)cc2Br)nc2ccccc21. The van der Waals surface area contributed by atoms with Crippen molar-refractivity contribution in [1.29, 1.82) is 0 Å². The van der Waals surface area contributed by atoms with Gasteiger partial charge >= 0.3 is 0 Å². The van der Waals surface area contributed by atoms with Crippen molar-refractivity contribution >= 4 is 54.9 Å². The van der Waals surface area contributed by atoms with Crippen LogP contribution in [0, 0.1) is 0 Å². The molecule has 3 aromatic rings. The zero-order valence-corrected chi connectivity index (χ0v) is 13.8. The molecule has 1 aromatic carbocycles. The normalized spacial score (nSPS) is 11.6. The summed E-state index contributed by atoms with van der Waals surface area (Å²) >= 11 is 6.81. The molecule has 0 bridgehead atoms. The highest BCUT2D eigenvalue weighted by molar-refractivity contribution is 9.11. The number of aromatic nitrogens is 3.